The minimum absolute atomic E-state index is 0.0454. The van der Waals surface area contributed by atoms with E-state index >= 15 is 0 Å². The van der Waals surface area contributed by atoms with Crippen molar-refractivity contribution in [1.29, 1.82) is 0 Å². The van der Waals surface area contributed by atoms with Crippen molar-refractivity contribution in [2.45, 2.75) is 25.3 Å². The third kappa shape index (κ3) is 4.89. The van der Waals surface area contributed by atoms with E-state index in [1.807, 2.05) is 0 Å². The molecule has 0 saturated heterocycles. The number of rotatable bonds is 6. The molecular formula is C7H17N3O. The molecule has 0 aliphatic carbocycles. The molecule has 0 aliphatic rings. The summed E-state index contributed by atoms with van der Waals surface area (Å²) in [6.45, 7) is 0.702. The average molecular weight is 159 g/mol. The molecule has 0 amide bonds. The van der Waals surface area contributed by atoms with Crippen LogP contribution >= 0.6 is 0 Å². The zero-order valence-corrected chi connectivity index (χ0v) is 6.75. The molecule has 0 spiro atoms. The van der Waals surface area contributed by atoms with Gasteiger partial charge < -0.3 is 17.2 Å². The Kier molecular flexibility index (Phi) is 6.02. The van der Waals surface area contributed by atoms with Crippen molar-refractivity contribution in [3.05, 3.63) is 0 Å². The number of unbranched alkanes of at least 4 members (excludes halogenated alkanes) is 1. The summed E-state index contributed by atoms with van der Waals surface area (Å²) in [5.41, 5.74) is 15.9. The summed E-state index contributed by atoms with van der Waals surface area (Å²) < 4.78 is 0. The van der Waals surface area contributed by atoms with E-state index in [-0.39, 0.29) is 18.4 Å². The van der Waals surface area contributed by atoms with Crippen LogP contribution in [0.25, 0.3) is 0 Å². The Hall–Kier alpha value is -0.450. The Morgan fingerprint density at radius 1 is 1.27 bits per heavy atom. The number of nitrogens with two attached hydrogens (primary N) is 3. The Balaban J connectivity index is 3.36. The molecule has 0 bridgehead atoms. The highest BCUT2D eigenvalue weighted by molar-refractivity contribution is 5.85. The van der Waals surface area contributed by atoms with E-state index in [1.54, 1.807) is 0 Å². The molecule has 0 aromatic carbocycles. The highest BCUT2D eigenvalue weighted by Gasteiger charge is 2.09. The topological polar surface area (TPSA) is 95.1 Å². The standard InChI is InChI=1S/C7H17N3O/c8-4-2-1-3-6(10)7(11)5-9/h6H,1-5,8-10H2. The number of ketones is 1. The first-order chi connectivity index (χ1) is 5.22. The van der Waals surface area contributed by atoms with Crippen LogP contribution in [-0.4, -0.2) is 24.9 Å². The molecule has 6 N–H and O–H groups in total. The zero-order valence-electron chi connectivity index (χ0n) is 6.75. The van der Waals surface area contributed by atoms with Gasteiger partial charge in [-0.25, -0.2) is 0 Å². The first-order valence-electron chi connectivity index (χ1n) is 3.90. The second-order valence-corrected chi connectivity index (χ2v) is 2.56. The molecule has 0 fully saturated rings. The zero-order chi connectivity index (χ0) is 8.69. The van der Waals surface area contributed by atoms with Crippen molar-refractivity contribution in [2.24, 2.45) is 17.2 Å². The number of hydrogen-bond acceptors (Lipinski definition) is 4. The van der Waals surface area contributed by atoms with Crippen molar-refractivity contribution in [3.8, 4) is 0 Å². The number of Topliss-reactive ketones (excluding diaryl/α,β-unsaturated/α-hetero) is 1. The van der Waals surface area contributed by atoms with Gasteiger partial charge in [-0.3, -0.25) is 4.79 Å². The summed E-state index contributed by atoms with van der Waals surface area (Å²) >= 11 is 0. The lowest BCUT2D eigenvalue weighted by Gasteiger charge is -2.07. The van der Waals surface area contributed by atoms with Crippen molar-refractivity contribution in [2.75, 3.05) is 13.1 Å². The van der Waals surface area contributed by atoms with E-state index in [0.717, 1.165) is 12.8 Å². The van der Waals surface area contributed by atoms with E-state index in [1.165, 1.54) is 0 Å². The van der Waals surface area contributed by atoms with Crippen molar-refractivity contribution in [3.63, 3.8) is 0 Å². The predicted octanol–water partition coefficient (Wildman–Crippen LogP) is -1.03. The molecule has 0 rings (SSSR count). The van der Waals surface area contributed by atoms with E-state index in [4.69, 9.17) is 17.2 Å². The fraction of sp³-hybridized carbons (Fsp3) is 0.857. The smallest absolute Gasteiger partial charge is 0.162 e. The van der Waals surface area contributed by atoms with Crippen molar-refractivity contribution in [1.82, 2.24) is 0 Å². The average Bonchev–Trinajstić information content (AvgIpc) is 2.03. The Labute approximate surface area is 67.1 Å². The quantitative estimate of drug-likeness (QED) is 0.432. The van der Waals surface area contributed by atoms with Gasteiger partial charge in [0.05, 0.1) is 12.6 Å². The molecular weight excluding hydrogens is 142 g/mol. The normalized spacial score (nSPS) is 13.0. The third-order valence-electron chi connectivity index (χ3n) is 1.58. The van der Waals surface area contributed by atoms with Gasteiger partial charge in [-0.2, -0.15) is 0 Å². The van der Waals surface area contributed by atoms with Gasteiger partial charge >= 0.3 is 0 Å². The first kappa shape index (κ1) is 10.6. The van der Waals surface area contributed by atoms with E-state index in [0.29, 0.717) is 13.0 Å². The van der Waals surface area contributed by atoms with Crippen LogP contribution < -0.4 is 17.2 Å². The van der Waals surface area contributed by atoms with Crippen LogP contribution in [-0.2, 0) is 4.79 Å². The largest absolute Gasteiger partial charge is 0.330 e. The van der Waals surface area contributed by atoms with Gasteiger partial charge in [0, 0.05) is 0 Å². The summed E-state index contributed by atoms with van der Waals surface area (Å²) in [4.78, 5) is 10.8. The molecule has 0 heterocycles. The Morgan fingerprint density at radius 2 is 1.91 bits per heavy atom. The van der Waals surface area contributed by atoms with Crippen molar-refractivity contribution >= 4 is 5.78 Å². The first-order valence-corrected chi connectivity index (χ1v) is 3.90. The number of carbonyl (C=O) groups excluding carboxylic acids is 1. The third-order valence-corrected chi connectivity index (χ3v) is 1.58. The molecule has 66 valence electrons. The second-order valence-electron chi connectivity index (χ2n) is 2.56. The van der Waals surface area contributed by atoms with E-state index < -0.39 is 0 Å². The van der Waals surface area contributed by atoms with Gasteiger partial charge in [-0.1, -0.05) is 6.42 Å². The summed E-state index contributed by atoms with van der Waals surface area (Å²) in [6.07, 6.45) is 2.53. The fourth-order valence-electron chi connectivity index (χ4n) is 0.821. The summed E-state index contributed by atoms with van der Waals surface area (Å²) in [7, 11) is 0. The van der Waals surface area contributed by atoms with Gasteiger partial charge in [0.1, 0.15) is 0 Å². The van der Waals surface area contributed by atoms with Gasteiger partial charge in [0.15, 0.2) is 5.78 Å². The lowest BCUT2D eigenvalue weighted by Crippen LogP contribution is -2.35. The SMILES string of the molecule is NCCCCC(N)C(=O)CN. The van der Waals surface area contributed by atoms with Crippen LogP contribution in [0.15, 0.2) is 0 Å². The highest BCUT2D eigenvalue weighted by atomic mass is 16.1. The van der Waals surface area contributed by atoms with Crippen LogP contribution in [0.2, 0.25) is 0 Å². The molecule has 1 unspecified atom stereocenters. The highest BCUT2D eigenvalue weighted by Crippen LogP contribution is 1.97. The Morgan fingerprint density at radius 3 is 2.36 bits per heavy atom. The van der Waals surface area contributed by atoms with Crippen LogP contribution in [0.3, 0.4) is 0 Å². The van der Waals surface area contributed by atoms with Crippen LogP contribution in [0, 0.1) is 0 Å². The van der Waals surface area contributed by atoms with Gasteiger partial charge in [-0.15, -0.1) is 0 Å². The maximum atomic E-state index is 10.8. The molecule has 0 radical (unpaired) electrons. The summed E-state index contributed by atoms with van der Waals surface area (Å²) in [5, 5.41) is 0. The molecule has 4 nitrogen and oxygen atoms in total. The number of carbonyl (C=O) groups is 1. The molecule has 0 saturated carbocycles. The van der Waals surface area contributed by atoms with E-state index in [2.05, 4.69) is 0 Å². The predicted molar refractivity (Wildman–Crippen MR) is 44.9 cm³/mol. The maximum absolute atomic E-state index is 10.8. The minimum atomic E-state index is -0.383. The minimum Gasteiger partial charge on any atom is -0.330 e. The van der Waals surface area contributed by atoms with Crippen LogP contribution in [0.4, 0.5) is 0 Å². The maximum Gasteiger partial charge on any atom is 0.162 e. The fourth-order valence-corrected chi connectivity index (χ4v) is 0.821. The molecule has 11 heavy (non-hydrogen) atoms. The summed E-state index contributed by atoms with van der Waals surface area (Å²) in [6, 6.07) is -0.383. The number of hydrogen-bond donors (Lipinski definition) is 3. The van der Waals surface area contributed by atoms with E-state index in [9.17, 15) is 4.79 Å². The molecule has 0 aromatic heterocycles. The van der Waals surface area contributed by atoms with Crippen LogP contribution in [0.5, 0.6) is 0 Å². The lowest BCUT2D eigenvalue weighted by atomic mass is 10.1. The monoisotopic (exact) mass is 159 g/mol. The molecule has 4 heteroatoms. The van der Waals surface area contributed by atoms with Gasteiger partial charge in [0.2, 0.25) is 0 Å². The molecule has 0 aliphatic heterocycles. The molecule has 1 atom stereocenters. The molecule has 0 aromatic rings. The summed E-state index contributed by atoms with van der Waals surface area (Å²) in [5.74, 6) is -0.0676. The van der Waals surface area contributed by atoms with Gasteiger partial charge in [-0.05, 0) is 19.4 Å². The van der Waals surface area contributed by atoms with Gasteiger partial charge in [0.25, 0.3) is 0 Å². The van der Waals surface area contributed by atoms with Crippen molar-refractivity contribution < 1.29 is 4.79 Å². The van der Waals surface area contributed by atoms with Crippen LogP contribution in [0.1, 0.15) is 19.3 Å². The second kappa shape index (κ2) is 6.27. The Bertz CT molecular complexity index is 116. The lowest BCUT2D eigenvalue weighted by molar-refractivity contribution is -0.119.